The molecule has 0 bridgehead atoms. The van der Waals surface area contributed by atoms with Gasteiger partial charge in [-0.1, -0.05) is 12.2 Å². The van der Waals surface area contributed by atoms with Crippen molar-refractivity contribution in [1.29, 1.82) is 0 Å². The second-order valence-corrected chi connectivity index (χ2v) is 2.79. The van der Waals surface area contributed by atoms with Crippen LogP contribution >= 0.6 is 0 Å². The Bertz CT molecular complexity index is 179. The zero-order chi connectivity index (χ0) is 10.3. The maximum absolute atomic E-state index is 11.2. The molecule has 0 fully saturated rings. The first-order valence-electron chi connectivity index (χ1n) is 4.06. The van der Waals surface area contributed by atoms with Crippen molar-refractivity contribution in [1.82, 2.24) is 15.3 Å². The van der Waals surface area contributed by atoms with E-state index in [2.05, 4.69) is 18.6 Å². The number of carbonyl (C=O) groups excluding carboxylic acids is 1. The molecule has 4 nitrogen and oxygen atoms in total. The lowest BCUT2D eigenvalue weighted by molar-refractivity contribution is 0.175. The van der Waals surface area contributed by atoms with Crippen molar-refractivity contribution in [2.45, 2.75) is 0 Å². The van der Waals surface area contributed by atoms with Gasteiger partial charge in [-0.05, 0) is 0 Å². The third-order valence-corrected chi connectivity index (χ3v) is 1.36. The van der Waals surface area contributed by atoms with Gasteiger partial charge < -0.3 is 4.90 Å². The summed E-state index contributed by atoms with van der Waals surface area (Å²) in [6.45, 7) is 8.39. The van der Waals surface area contributed by atoms with Crippen molar-refractivity contribution in [3.05, 3.63) is 25.3 Å². The van der Waals surface area contributed by atoms with Gasteiger partial charge in [-0.3, -0.25) is 5.43 Å². The third-order valence-electron chi connectivity index (χ3n) is 1.36. The van der Waals surface area contributed by atoms with Crippen LogP contribution in [0.4, 0.5) is 4.79 Å². The Balaban J connectivity index is 3.99. The largest absolute Gasteiger partial charge is 0.331 e. The van der Waals surface area contributed by atoms with Crippen molar-refractivity contribution in [3.63, 3.8) is 0 Å². The molecule has 1 N–H and O–H groups in total. The van der Waals surface area contributed by atoms with Crippen LogP contribution in [-0.2, 0) is 0 Å². The molecule has 0 aromatic carbocycles. The number of hydrazine groups is 1. The molecule has 0 unspecified atom stereocenters. The molecule has 0 aromatic heterocycles. The molecule has 0 aliphatic heterocycles. The SMILES string of the molecule is C=CCN(CC=C)NC(=O)N(C)C. The summed E-state index contributed by atoms with van der Waals surface area (Å²) in [7, 11) is 3.38. The molecular weight excluding hydrogens is 166 g/mol. The average molecular weight is 183 g/mol. The molecule has 4 heteroatoms. The summed E-state index contributed by atoms with van der Waals surface area (Å²) < 4.78 is 0. The fourth-order valence-corrected chi connectivity index (χ4v) is 0.713. The van der Waals surface area contributed by atoms with Crippen molar-refractivity contribution in [3.8, 4) is 0 Å². The van der Waals surface area contributed by atoms with Crippen LogP contribution in [-0.4, -0.2) is 43.1 Å². The van der Waals surface area contributed by atoms with Crippen LogP contribution < -0.4 is 5.43 Å². The smallest absolute Gasteiger partial charge is 0.330 e. The van der Waals surface area contributed by atoms with E-state index in [0.29, 0.717) is 13.1 Å². The lowest BCUT2D eigenvalue weighted by Crippen LogP contribution is -2.46. The minimum absolute atomic E-state index is 0.149. The number of nitrogens with zero attached hydrogens (tertiary/aromatic N) is 2. The molecule has 0 spiro atoms. The Morgan fingerprint density at radius 2 is 1.77 bits per heavy atom. The molecular formula is C9H17N3O. The highest BCUT2D eigenvalue weighted by molar-refractivity contribution is 5.72. The van der Waals surface area contributed by atoms with E-state index in [9.17, 15) is 4.79 Å². The number of hydrogen-bond donors (Lipinski definition) is 1. The molecule has 0 aromatic rings. The van der Waals surface area contributed by atoms with Gasteiger partial charge in [-0.15, -0.1) is 13.2 Å². The van der Waals surface area contributed by atoms with Crippen LogP contribution in [0, 0.1) is 0 Å². The van der Waals surface area contributed by atoms with Gasteiger partial charge in [0.15, 0.2) is 0 Å². The first kappa shape index (κ1) is 11.7. The molecule has 0 aliphatic rings. The van der Waals surface area contributed by atoms with E-state index in [1.54, 1.807) is 31.3 Å². The summed E-state index contributed by atoms with van der Waals surface area (Å²) in [6.07, 6.45) is 3.44. The number of urea groups is 1. The summed E-state index contributed by atoms with van der Waals surface area (Å²) >= 11 is 0. The Morgan fingerprint density at radius 3 is 2.08 bits per heavy atom. The Hall–Kier alpha value is -1.29. The maximum Gasteiger partial charge on any atom is 0.331 e. The minimum Gasteiger partial charge on any atom is -0.330 e. The summed E-state index contributed by atoms with van der Waals surface area (Å²) in [4.78, 5) is 12.7. The molecule has 74 valence electrons. The minimum atomic E-state index is -0.149. The quantitative estimate of drug-likeness (QED) is 0.506. The molecule has 0 saturated heterocycles. The summed E-state index contributed by atoms with van der Waals surface area (Å²) in [5.41, 5.74) is 2.70. The van der Waals surface area contributed by atoms with Gasteiger partial charge in [0.2, 0.25) is 0 Å². The molecule has 0 saturated carbocycles. The molecule has 0 radical (unpaired) electrons. The Labute approximate surface area is 79.5 Å². The third kappa shape index (κ3) is 5.03. The molecule has 0 aliphatic carbocycles. The van der Waals surface area contributed by atoms with Crippen molar-refractivity contribution >= 4 is 6.03 Å². The average Bonchev–Trinajstić information content (AvgIpc) is 2.05. The van der Waals surface area contributed by atoms with E-state index < -0.39 is 0 Å². The fraction of sp³-hybridized carbons (Fsp3) is 0.444. The zero-order valence-electron chi connectivity index (χ0n) is 8.29. The van der Waals surface area contributed by atoms with Crippen LogP contribution in [0.15, 0.2) is 25.3 Å². The van der Waals surface area contributed by atoms with Crippen molar-refractivity contribution in [2.75, 3.05) is 27.2 Å². The van der Waals surface area contributed by atoms with E-state index >= 15 is 0 Å². The maximum atomic E-state index is 11.2. The van der Waals surface area contributed by atoms with Crippen LogP contribution in [0.3, 0.4) is 0 Å². The van der Waals surface area contributed by atoms with Gasteiger partial charge in [0.25, 0.3) is 0 Å². The molecule has 0 atom stereocenters. The highest BCUT2D eigenvalue weighted by Crippen LogP contribution is 1.86. The molecule has 2 amide bonds. The molecule has 0 heterocycles. The number of hydrogen-bond acceptors (Lipinski definition) is 2. The number of amides is 2. The summed E-state index contributed by atoms with van der Waals surface area (Å²) in [6, 6.07) is -0.149. The van der Waals surface area contributed by atoms with E-state index in [0.717, 1.165) is 0 Å². The lowest BCUT2D eigenvalue weighted by atomic mass is 10.5. The van der Waals surface area contributed by atoms with Crippen molar-refractivity contribution < 1.29 is 4.79 Å². The standard InChI is InChI=1S/C9H17N3O/c1-5-7-12(8-6-2)10-9(13)11(3)4/h5-6H,1-2,7-8H2,3-4H3,(H,10,13). The number of carbonyl (C=O) groups is 1. The van der Waals surface area contributed by atoms with Gasteiger partial charge in [0.1, 0.15) is 0 Å². The van der Waals surface area contributed by atoms with Crippen LogP contribution in [0.5, 0.6) is 0 Å². The zero-order valence-corrected chi connectivity index (χ0v) is 8.29. The van der Waals surface area contributed by atoms with Gasteiger partial charge in [0, 0.05) is 27.2 Å². The van der Waals surface area contributed by atoms with Crippen molar-refractivity contribution in [2.24, 2.45) is 0 Å². The summed E-state index contributed by atoms with van der Waals surface area (Å²) in [5, 5.41) is 1.72. The summed E-state index contributed by atoms with van der Waals surface area (Å²) in [5.74, 6) is 0. The Kier molecular flexibility index (Phi) is 5.63. The van der Waals surface area contributed by atoms with E-state index in [4.69, 9.17) is 0 Å². The second-order valence-electron chi connectivity index (χ2n) is 2.79. The molecule has 13 heavy (non-hydrogen) atoms. The van der Waals surface area contributed by atoms with Gasteiger partial charge >= 0.3 is 6.03 Å². The topological polar surface area (TPSA) is 35.6 Å². The first-order valence-corrected chi connectivity index (χ1v) is 4.06. The number of rotatable bonds is 5. The van der Waals surface area contributed by atoms with E-state index in [1.165, 1.54) is 4.90 Å². The van der Waals surface area contributed by atoms with Crippen LogP contribution in [0.1, 0.15) is 0 Å². The van der Waals surface area contributed by atoms with E-state index in [1.807, 2.05) is 0 Å². The van der Waals surface area contributed by atoms with Gasteiger partial charge in [0.05, 0.1) is 0 Å². The van der Waals surface area contributed by atoms with Crippen LogP contribution in [0.2, 0.25) is 0 Å². The predicted molar refractivity (Wildman–Crippen MR) is 54.2 cm³/mol. The normalized spacial score (nSPS) is 9.46. The van der Waals surface area contributed by atoms with Gasteiger partial charge in [-0.2, -0.15) is 0 Å². The number of nitrogens with one attached hydrogen (secondary N) is 1. The Morgan fingerprint density at radius 1 is 1.31 bits per heavy atom. The molecule has 0 rings (SSSR count). The fourth-order valence-electron chi connectivity index (χ4n) is 0.713. The predicted octanol–water partition coefficient (Wildman–Crippen LogP) is 0.847. The first-order chi connectivity index (χ1) is 6.11. The van der Waals surface area contributed by atoms with E-state index in [-0.39, 0.29) is 6.03 Å². The highest BCUT2D eigenvalue weighted by Gasteiger charge is 2.06. The monoisotopic (exact) mass is 183 g/mol. The van der Waals surface area contributed by atoms with Crippen LogP contribution in [0.25, 0.3) is 0 Å². The highest BCUT2D eigenvalue weighted by atomic mass is 16.2. The van der Waals surface area contributed by atoms with Gasteiger partial charge in [-0.25, -0.2) is 9.80 Å². The second kappa shape index (κ2) is 6.25. The lowest BCUT2D eigenvalue weighted by Gasteiger charge is -2.22.